The first-order valence-electron chi connectivity index (χ1n) is 11.9. The molecule has 1 unspecified atom stereocenters. The Kier molecular flexibility index (Phi) is 7.99. The summed E-state index contributed by atoms with van der Waals surface area (Å²) >= 11 is 0. The Hall–Kier alpha value is -3.95. The molecule has 4 aromatic carbocycles. The molecule has 0 spiro atoms. The topological polar surface area (TPSA) is 101 Å². The Bertz CT molecular complexity index is 1620. The predicted octanol–water partition coefficient (Wildman–Crippen LogP) is 4.98. The standard InChI is InChI=1S/C29H28N2O5S2/c1-22(24-17-19-25(20-18-24)37(2,33)34)30-29(32)27-15-9-10-16-28(27)31(21-23-11-5-3-6-12-23)38(35,36)26-13-7-4-8-14-26/h3-20,22H,21H2,1-2H3,(H,30,32). The summed E-state index contributed by atoms with van der Waals surface area (Å²) in [5.74, 6) is -0.457. The number of para-hydroxylation sites is 1. The highest BCUT2D eigenvalue weighted by Gasteiger charge is 2.29. The third-order valence-corrected chi connectivity index (χ3v) is 8.98. The van der Waals surface area contributed by atoms with E-state index in [4.69, 9.17) is 0 Å². The molecule has 0 saturated carbocycles. The molecular formula is C29H28N2O5S2. The third kappa shape index (κ3) is 6.12. The Balaban J connectivity index is 1.69. The van der Waals surface area contributed by atoms with E-state index in [1.165, 1.54) is 28.6 Å². The van der Waals surface area contributed by atoms with E-state index in [9.17, 15) is 21.6 Å². The van der Waals surface area contributed by atoms with Gasteiger partial charge in [0.25, 0.3) is 15.9 Å². The van der Waals surface area contributed by atoms with Gasteiger partial charge in [0.2, 0.25) is 0 Å². The lowest BCUT2D eigenvalue weighted by molar-refractivity contribution is 0.0940. The van der Waals surface area contributed by atoms with Crippen molar-refractivity contribution >= 4 is 31.5 Å². The van der Waals surface area contributed by atoms with Gasteiger partial charge in [-0.1, -0.05) is 72.8 Å². The molecule has 0 radical (unpaired) electrons. The van der Waals surface area contributed by atoms with Crippen LogP contribution in [0, 0.1) is 0 Å². The van der Waals surface area contributed by atoms with Crippen molar-refractivity contribution in [3.05, 3.63) is 126 Å². The van der Waals surface area contributed by atoms with Gasteiger partial charge in [0, 0.05) is 6.26 Å². The lowest BCUT2D eigenvalue weighted by Gasteiger charge is -2.27. The van der Waals surface area contributed by atoms with Gasteiger partial charge in [-0.05, 0) is 54.4 Å². The van der Waals surface area contributed by atoms with Crippen LogP contribution >= 0.6 is 0 Å². The number of hydrogen-bond donors (Lipinski definition) is 1. The van der Waals surface area contributed by atoms with Gasteiger partial charge in [0.15, 0.2) is 9.84 Å². The van der Waals surface area contributed by atoms with Gasteiger partial charge in [0.1, 0.15) is 0 Å². The number of benzene rings is 4. The van der Waals surface area contributed by atoms with Crippen molar-refractivity contribution in [3.63, 3.8) is 0 Å². The van der Waals surface area contributed by atoms with E-state index in [1.54, 1.807) is 61.5 Å². The van der Waals surface area contributed by atoms with Crippen LogP contribution in [-0.4, -0.2) is 29.0 Å². The molecule has 1 N–H and O–H groups in total. The minimum atomic E-state index is -4.01. The maximum Gasteiger partial charge on any atom is 0.264 e. The van der Waals surface area contributed by atoms with E-state index in [0.29, 0.717) is 5.56 Å². The zero-order valence-electron chi connectivity index (χ0n) is 21.0. The van der Waals surface area contributed by atoms with Crippen LogP contribution in [0.1, 0.15) is 34.5 Å². The largest absolute Gasteiger partial charge is 0.345 e. The van der Waals surface area contributed by atoms with Gasteiger partial charge in [-0.2, -0.15) is 0 Å². The highest BCUT2D eigenvalue weighted by Crippen LogP contribution is 2.30. The quantitative estimate of drug-likeness (QED) is 0.318. The van der Waals surface area contributed by atoms with E-state index in [1.807, 2.05) is 30.3 Å². The van der Waals surface area contributed by atoms with Gasteiger partial charge >= 0.3 is 0 Å². The molecular weight excluding hydrogens is 520 g/mol. The van der Waals surface area contributed by atoms with Gasteiger partial charge in [-0.15, -0.1) is 0 Å². The lowest BCUT2D eigenvalue weighted by atomic mass is 10.1. The van der Waals surface area contributed by atoms with Crippen molar-refractivity contribution in [2.24, 2.45) is 0 Å². The van der Waals surface area contributed by atoms with E-state index < -0.39 is 31.8 Å². The number of nitrogens with zero attached hydrogens (tertiary/aromatic N) is 1. The number of carbonyl (C=O) groups excluding carboxylic acids is 1. The number of rotatable bonds is 9. The highest BCUT2D eigenvalue weighted by molar-refractivity contribution is 7.92. The average molecular weight is 549 g/mol. The summed E-state index contributed by atoms with van der Waals surface area (Å²) < 4.78 is 52.4. The van der Waals surface area contributed by atoms with Crippen molar-refractivity contribution in [2.45, 2.75) is 29.3 Å². The summed E-state index contributed by atoms with van der Waals surface area (Å²) in [5, 5.41) is 2.91. The van der Waals surface area contributed by atoms with Crippen LogP contribution in [0.5, 0.6) is 0 Å². The molecule has 0 aliphatic heterocycles. The maximum absolute atomic E-state index is 13.8. The zero-order chi connectivity index (χ0) is 27.3. The molecule has 0 aromatic heterocycles. The average Bonchev–Trinajstić information content (AvgIpc) is 2.92. The van der Waals surface area contributed by atoms with E-state index in [2.05, 4.69) is 5.32 Å². The molecule has 0 aliphatic rings. The minimum Gasteiger partial charge on any atom is -0.345 e. The molecule has 0 bridgehead atoms. The van der Waals surface area contributed by atoms with E-state index >= 15 is 0 Å². The fourth-order valence-corrected chi connectivity index (χ4v) is 6.14. The normalized spacial score (nSPS) is 12.5. The van der Waals surface area contributed by atoms with E-state index in [0.717, 1.165) is 11.8 Å². The molecule has 0 heterocycles. The first-order chi connectivity index (χ1) is 18.1. The van der Waals surface area contributed by atoms with Crippen LogP contribution in [0.25, 0.3) is 0 Å². The first-order valence-corrected chi connectivity index (χ1v) is 15.2. The summed E-state index contributed by atoms with van der Waals surface area (Å²) in [4.78, 5) is 13.8. The molecule has 0 saturated heterocycles. The van der Waals surface area contributed by atoms with Crippen LogP contribution in [0.15, 0.2) is 119 Å². The van der Waals surface area contributed by atoms with Crippen LogP contribution < -0.4 is 9.62 Å². The van der Waals surface area contributed by atoms with Gasteiger partial charge in [0.05, 0.1) is 33.6 Å². The fraction of sp³-hybridized carbons (Fsp3) is 0.138. The smallest absolute Gasteiger partial charge is 0.264 e. The summed E-state index contributed by atoms with van der Waals surface area (Å²) in [6.07, 6.45) is 1.13. The second-order valence-electron chi connectivity index (χ2n) is 8.86. The Morgan fingerprint density at radius 1 is 0.737 bits per heavy atom. The molecule has 4 aromatic rings. The van der Waals surface area contributed by atoms with Crippen LogP contribution in [0.4, 0.5) is 5.69 Å². The molecule has 1 amide bonds. The number of anilines is 1. The van der Waals surface area contributed by atoms with Crippen molar-refractivity contribution in [1.82, 2.24) is 5.32 Å². The van der Waals surface area contributed by atoms with Crippen molar-refractivity contribution in [2.75, 3.05) is 10.6 Å². The lowest BCUT2D eigenvalue weighted by Crippen LogP contribution is -2.34. The molecule has 1 atom stereocenters. The molecule has 0 aliphatic carbocycles. The maximum atomic E-state index is 13.8. The number of sulfonamides is 1. The summed E-state index contributed by atoms with van der Waals surface area (Å²) in [6.45, 7) is 1.81. The van der Waals surface area contributed by atoms with Crippen LogP contribution in [-0.2, 0) is 26.4 Å². The number of hydrogen-bond acceptors (Lipinski definition) is 5. The number of sulfone groups is 1. The Labute approximate surface area is 223 Å². The molecule has 7 nitrogen and oxygen atoms in total. The monoisotopic (exact) mass is 548 g/mol. The molecule has 38 heavy (non-hydrogen) atoms. The van der Waals surface area contributed by atoms with Gasteiger partial charge < -0.3 is 5.32 Å². The summed E-state index contributed by atoms with van der Waals surface area (Å²) in [7, 11) is -7.35. The molecule has 4 rings (SSSR count). The first kappa shape index (κ1) is 27.1. The fourth-order valence-electron chi connectivity index (χ4n) is 4.01. The minimum absolute atomic E-state index is 0.0326. The van der Waals surface area contributed by atoms with Crippen LogP contribution in [0.2, 0.25) is 0 Å². The molecule has 0 fully saturated rings. The Morgan fingerprint density at radius 3 is 1.89 bits per heavy atom. The summed E-state index contributed by atoms with van der Waals surface area (Å²) in [6, 6.07) is 29.7. The molecule has 9 heteroatoms. The summed E-state index contributed by atoms with van der Waals surface area (Å²) in [5.41, 5.74) is 1.92. The Morgan fingerprint density at radius 2 is 1.29 bits per heavy atom. The number of nitrogens with one attached hydrogen (secondary N) is 1. The van der Waals surface area contributed by atoms with Gasteiger partial charge in [-0.25, -0.2) is 16.8 Å². The highest BCUT2D eigenvalue weighted by atomic mass is 32.2. The van der Waals surface area contributed by atoms with Crippen LogP contribution in [0.3, 0.4) is 0 Å². The number of amides is 1. The SMILES string of the molecule is CC(NC(=O)c1ccccc1N(Cc1ccccc1)S(=O)(=O)c1ccccc1)c1ccc(S(C)(=O)=O)cc1. The van der Waals surface area contributed by atoms with E-state index in [-0.39, 0.29) is 27.6 Å². The van der Waals surface area contributed by atoms with Crippen molar-refractivity contribution in [1.29, 1.82) is 0 Å². The number of carbonyl (C=O) groups is 1. The molecule has 196 valence electrons. The van der Waals surface area contributed by atoms with Gasteiger partial charge in [-0.3, -0.25) is 9.10 Å². The second kappa shape index (κ2) is 11.2. The van der Waals surface area contributed by atoms with Crippen molar-refractivity contribution in [3.8, 4) is 0 Å². The predicted molar refractivity (Wildman–Crippen MR) is 148 cm³/mol. The third-order valence-electron chi connectivity index (χ3n) is 6.07. The van der Waals surface area contributed by atoms with Crippen molar-refractivity contribution < 1.29 is 21.6 Å². The second-order valence-corrected chi connectivity index (χ2v) is 12.7. The zero-order valence-corrected chi connectivity index (χ0v) is 22.6.